The lowest BCUT2D eigenvalue weighted by molar-refractivity contribution is -0.444. The van der Waals surface area contributed by atoms with Gasteiger partial charge in [0.05, 0.1) is 51.4 Å². The maximum atomic E-state index is 13.3. The van der Waals surface area contributed by atoms with Crippen LogP contribution in [0.1, 0.15) is 51.4 Å². The van der Waals surface area contributed by atoms with Gasteiger partial charge in [-0.15, -0.1) is 0 Å². The van der Waals surface area contributed by atoms with Crippen LogP contribution in [0, 0.1) is 0 Å². The Labute approximate surface area is 299 Å². The van der Waals surface area contributed by atoms with Crippen molar-refractivity contribution in [2.75, 3.05) is 0 Å². The van der Waals surface area contributed by atoms with Gasteiger partial charge in [-0.1, -0.05) is 0 Å². The van der Waals surface area contributed by atoms with Crippen molar-refractivity contribution in [3.63, 3.8) is 0 Å². The normalized spacial score (nSPS) is 39.5. The summed E-state index contributed by atoms with van der Waals surface area (Å²) in [6.07, 6.45) is -24.7. The quantitative estimate of drug-likeness (QED) is 0.149. The van der Waals surface area contributed by atoms with E-state index in [1.807, 2.05) is 0 Å². The van der Waals surface area contributed by atoms with Gasteiger partial charge in [-0.3, -0.25) is 38.4 Å². The first-order valence-electron chi connectivity index (χ1n) is 14.9. The first kappa shape index (κ1) is 38.2. The highest BCUT2D eigenvalue weighted by Crippen LogP contribution is 2.40. The van der Waals surface area contributed by atoms with Crippen LogP contribution in [0.3, 0.4) is 0 Å². The van der Waals surface area contributed by atoms with E-state index in [4.69, 9.17) is 0 Å². The molecule has 296 valence electrons. The van der Waals surface area contributed by atoms with Gasteiger partial charge in [0.15, 0.2) is 22.4 Å². The molecule has 28 heteroatoms. The third-order valence-corrected chi connectivity index (χ3v) is 7.80. The van der Waals surface area contributed by atoms with Crippen LogP contribution in [0.2, 0.25) is 0 Å². The van der Waals surface area contributed by atoms with Crippen LogP contribution in [0.5, 0.6) is 0 Å². The average molecular weight is 792 g/mol. The lowest BCUT2D eigenvalue weighted by Gasteiger charge is -2.37. The number of hydrogen-bond donors (Lipinski definition) is 4. The van der Waals surface area contributed by atoms with E-state index in [0.29, 0.717) is 0 Å². The third-order valence-electron chi connectivity index (χ3n) is 7.80. The fourth-order valence-corrected chi connectivity index (χ4v) is 5.35. The maximum absolute atomic E-state index is 13.3. The zero-order valence-corrected chi connectivity index (χ0v) is 26.7. The van der Waals surface area contributed by atoms with Crippen LogP contribution < -0.4 is 0 Å². The van der Waals surface area contributed by atoms with Crippen LogP contribution in [-0.4, -0.2) is 133 Å². The number of fused-ring (bicyclic) bond motifs is 10. The molecule has 0 aromatic heterocycles. The van der Waals surface area contributed by atoms with Crippen LogP contribution >= 0.6 is 0 Å². The fraction of sp³-hybridized carbons (Fsp3) is 0.556. The van der Waals surface area contributed by atoms with E-state index >= 15 is 0 Å². The molecule has 7 heterocycles. The third kappa shape index (κ3) is 7.12. The first-order chi connectivity index (χ1) is 25.3. The molecule has 0 aliphatic carbocycles. The van der Waals surface area contributed by atoms with Gasteiger partial charge >= 0.3 is 90.1 Å². The van der Waals surface area contributed by atoms with Crippen molar-refractivity contribution in [1.29, 1.82) is 0 Å². The number of carbonyl (C=O) groups is 12. The molecule has 55 heavy (non-hydrogen) atoms. The van der Waals surface area contributed by atoms with E-state index < -0.39 is 164 Å². The lowest BCUT2D eigenvalue weighted by atomic mass is 9.95. The Morgan fingerprint density at radius 3 is 0.945 bits per heavy atom. The molecule has 0 saturated carbocycles. The molecule has 1 unspecified atom stereocenters. The summed E-state index contributed by atoms with van der Waals surface area (Å²) >= 11 is 0. The van der Waals surface area contributed by atoms with Crippen LogP contribution in [0.15, 0.2) is 0 Å². The molecule has 1 atom stereocenters. The van der Waals surface area contributed by atoms with Crippen molar-refractivity contribution in [3.05, 3.63) is 0 Å². The van der Waals surface area contributed by atoms with Gasteiger partial charge in [0, 0.05) is 0 Å². The molecule has 2 spiro atoms. The van der Waals surface area contributed by atoms with Crippen LogP contribution in [0.4, 0.5) is 0 Å². The van der Waals surface area contributed by atoms with Gasteiger partial charge in [-0.25, -0.2) is 19.2 Å². The van der Waals surface area contributed by atoms with Crippen LogP contribution in [0.25, 0.3) is 0 Å². The number of hydrogen-bond acceptors (Lipinski definition) is 28. The van der Waals surface area contributed by atoms with Crippen LogP contribution in [-0.2, 0) is 114 Å². The number of carbonyl (C=O) groups excluding carboxylic acids is 12. The summed E-state index contributed by atoms with van der Waals surface area (Å²) in [6.45, 7) is 0. The van der Waals surface area contributed by atoms with E-state index in [2.05, 4.69) is 56.8 Å². The minimum absolute atomic E-state index is 1.23. The predicted molar refractivity (Wildman–Crippen MR) is 138 cm³/mol. The summed E-state index contributed by atoms with van der Waals surface area (Å²) < 4.78 is 55.2. The standard InChI is InChI=1S/C27H20O28/c28-9-1-21(40)4-12(31)47-26(53-18(37)22(41)2-10(29)45-25(44-9,52-17(21)36)46-11(30)3-22)48-13(32)5-23(42,6-14(33)49-26)19(38)54-27-50-15(34)7-24(43,20(39)55-27)8-16(35)51-27/h40-43H,1-8H2. The monoisotopic (exact) mass is 792 g/mol. The number of aliphatic hydroxyl groups is 4. The smallest absolute Gasteiger partial charge is 0.377 e. The summed E-state index contributed by atoms with van der Waals surface area (Å²) in [5.41, 5.74) is -13.4. The molecular formula is C27H20O28. The van der Waals surface area contributed by atoms with E-state index in [-0.39, 0.29) is 0 Å². The van der Waals surface area contributed by atoms with E-state index in [1.54, 1.807) is 0 Å². The second-order valence-corrected chi connectivity index (χ2v) is 12.4. The van der Waals surface area contributed by atoms with Gasteiger partial charge in [0.2, 0.25) is 0 Å². The van der Waals surface area contributed by atoms with Crippen molar-refractivity contribution in [2.45, 2.75) is 92.2 Å². The van der Waals surface area contributed by atoms with E-state index in [9.17, 15) is 78.0 Å². The second kappa shape index (κ2) is 12.3. The Hall–Kier alpha value is -6.52. The first-order valence-corrected chi connectivity index (χ1v) is 14.9. The SMILES string of the molecule is O=C1CC2(O)CC(=O)OC3(OC(=O)CC(O)(C(=O)OC45OC(=O)CC(O)(CC(=O)O4)C(=O)O5)CC(=O)O3)OC(=O)C3(O)CC(=O)OC(O1)(OC(=O)C3)OC2=O. The Balaban J connectivity index is 1.33. The summed E-state index contributed by atoms with van der Waals surface area (Å²) in [6, 6.07) is 0. The largest absolute Gasteiger partial charge is 0.619 e. The molecule has 7 aliphatic heterocycles. The Bertz CT molecular complexity index is 1830. The van der Waals surface area contributed by atoms with Crippen molar-refractivity contribution < 1.29 is 135 Å². The molecule has 0 aromatic rings. The summed E-state index contributed by atoms with van der Waals surface area (Å²) in [5, 5.41) is 43.4. The molecule has 7 fully saturated rings. The highest BCUT2D eigenvalue weighted by molar-refractivity contribution is 5.96. The number of ether oxygens (including phenoxy) is 12. The molecular weight excluding hydrogens is 772 g/mol. The minimum Gasteiger partial charge on any atom is -0.377 e. The molecule has 7 saturated heterocycles. The Morgan fingerprint density at radius 1 is 0.382 bits per heavy atom. The van der Waals surface area contributed by atoms with Crippen molar-refractivity contribution >= 4 is 71.6 Å². The summed E-state index contributed by atoms with van der Waals surface area (Å²) in [5.74, 6) is -23.5. The zero-order valence-electron chi connectivity index (χ0n) is 26.7. The molecule has 0 aromatic carbocycles. The van der Waals surface area contributed by atoms with Gasteiger partial charge < -0.3 is 77.3 Å². The highest BCUT2D eigenvalue weighted by Gasteiger charge is 2.66. The average Bonchev–Trinajstić information content (AvgIpc) is 3.16. The van der Waals surface area contributed by atoms with Gasteiger partial charge in [-0.2, -0.15) is 0 Å². The topological polar surface area (TPSA) is 397 Å². The molecule has 7 aliphatic rings. The maximum Gasteiger partial charge on any atom is 0.619 e. The predicted octanol–water partition coefficient (Wildman–Crippen LogP) is -6.53. The molecule has 28 nitrogen and oxygen atoms in total. The number of esters is 12. The van der Waals surface area contributed by atoms with Crippen molar-refractivity contribution in [3.8, 4) is 0 Å². The Kier molecular flexibility index (Phi) is 8.52. The molecule has 0 amide bonds. The zero-order chi connectivity index (χ0) is 40.6. The summed E-state index contributed by atoms with van der Waals surface area (Å²) in [4.78, 5) is 154. The van der Waals surface area contributed by atoms with Crippen molar-refractivity contribution in [2.24, 2.45) is 0 Å². The molecule has 7 rings (SSSR count). The van der Waals surface area contributed by atoms with Gasteiger partial charge in [0.1, 0.15) is 0 Å². The summed E-state index contributed by atoms with van der Waals surface area (Å²) in [7, 11) is 0. The second-order valence-electron chi connectivity index (χ2n) is 12.4. The highest BCUT2D eigenvalue weighted by atomic mass is 17.1. The van der Waals surface area contributed by atoms with Gasteiger partial charge in [0.25, 0.3) is 0 Å². The lowest BCUT2D eigenvalue weighted by Crippen LogP contribution is -2.59. The van der Waals surface area contributed by atoms with Gasteiger partial charge in [-0.05, 0) is 0 Å². The molecule has 5 bridgehead atoms. The van der Waals surface area contributed by atoms with Crippen molar-refractivity contribution in [1.82, 2.24) is 0 Å². The minimum atomic E-state index is -4.26. The molecule has 0 radical (unpaired) electrons. The van der Waals surface area contributed by atoms with E-state index in [0.717, 1.165) is 0 Å². The Morgan fingerprint density at radius 2 is 0.636 bits per heavy atom. The molecule has 4 N–H and O–H groups in total. The van der Waals surface area contributed by atoms with E-state index in [1.165, 1.54) is 0 Å². The fourth-order valence-electron chi connectivity index (χ4n) is 5.35. The number of rotatable bonds is 2.